The van der Waals surface area contributed by atoms with Crippen molar-refractivity contribution in [2.24, 2.45) is 5.92 Å². The number of hydrogen-bond acceptors (Lipinski definition) is 2. The van der Waals surface area contributed by atoms with Gasteiger partial charge in [0.1, 0.15) is 0 Å². The second-order valence-electron chi connectivity index (χ2n) is 6.01. The Labute approximate surface area is 127 Å². The Morgan fingerprint density at radius 2 is 1.71 bits per heavy atom. The maximum Gasteiger partial charge on any atom is 0.264 e. The molecule has 1 aromatic rings. The number of allylic oxidation sites excluding steroid dienone is 3. The van der Waals surface area contributed by atoms with Crippen LogP contribution in [0.4, 0.5) is 0 Å². The van der Waals surface area contributed by atoms with Gasteiger partial charge in [-0.1, -0.05) is 35.4 Å². The molecule has 1 fully saturated rings. The van der Waals surface area contributed by atoms with Gasteiger partial charge in [0.25, 0.3) is 10.0 Å². The Balaban J connectivity index is 2.00. The van der Waals surface area contributed by atoms with Crippen LogP contribution < -0.4 is 0 Å². The van der Waals surface area contributed by atoms with Crippen molar-refractivity contribution in [3.8, 4) is 0 Å². The monoisotopic (exact) mass is 303 g/mol. The molecule has 0 N–H and O–H groups in total. The lowest BCUT2D eigenvalue weighted by atomic mass is 10.2. The Morgan fingerprint density at radius 3 is 2.33 bits per heavy atom. The zero-order valence-electron chi connectivity index (χ0n) is 12.5. The Morgan fingerprint density at radius 1 is 1.05 bits per heavy atom. The predicted octanol–water partition coefficient (Wildman–Crippen LogP) is 3.63. The molecule has 0 radical (unpaired) electrons. The fourth-order valence-corrected chi connectivity index (χ4v) is 4.13. The summed E-state index contributed by atoms with van der Waals surface area (Å²) in [5, 5.41) is 0. The van der Waals surface area contributed by atoms with E-state index in [1.54, 1.807) is 16.4 Å². The SMILES string of the molecule is CC1=CCN(S(=O)(=O)c2ccc(C)cc2)C(C2CC2)=CC1. The summed E-state index contributed by atoms with van der Waals surface area (Å²) in [5.74, 6) is 0.421. The first kappa shape index (κ1) is 14.4. The van der Waals surface area contributed by atoms with Gasteiger partial charge in [-0.25, -0.2) is 8.42 Å². The van der Waals surface area contributed by atoms with Gasteiger partial charge in [-0.2, -0.15) is 0 Å². The summed E-state index contributed by atoms with van der Waals surface area (Å²) >= 11 is 0. The molecule has 1 aliphatic carbocycles. The van der Waals surface area contributed by atoms with Gasteiger partial charge in [-0.3, -0.25) is 4.31 Å². The minimum Gasteiger partial charge on any atom is -0.266 e. The zero-order valence-corrected chi connectivity index (χ0v) is 13.4. The maximum atomic E-state index is 13.0. The van der Waals surface area contributed by atoms with Crippen LogP contribution in [0.25, 0.3) is 0 Å². The molecule has 3 rings (SSSR count). The third-order valence-electron chi connectivity index (χ3n) is 4.13. The molecule has 0 saturated heterocycles. The number of hydrogen-bond donors (Lipinski definition) is 0. The quantitative estimate of drug-likeness (QED) is 0.800. The van der Waals surface area contributed by atoms with Crippen molar-refractivity contribution in [2.75, 3.05) is 6.54 Å². The van der Waals surface area contributed by atoms with E-state index in [0.29, 0.717) is 17.4 Å². The normalized spacial score (nSPS) is 19.8. The molecule has 1 heterocycles. The van der Waals surface area contributed by atoms with Crippen LogP contribution >= 0.6 is 0 Å². The van der Waals surface area contributed by atoms with E-state index in [9.17, 15) is 8.42 Å². The van der Waals surface area contributed by atoms with Crippen molar-refractivity contribution in [1.82, 2.24) is 4.31 Å². The number of benzene rings is 1. The molecule has 21 heavy (non-hydrogen) atoms. The van der Waals surface area contributed by atoms with Crippen molar-refractivity contribution in [3.05, 3.63) is 53.3 Å². The molecule has 2 aliphatic rings. The van der Waals surface area contributed by atoms with E-state index in [1.165, 1.54) is 5.57 Å². The van der Waals surface area contributed by atoms with Crippen LogP contribution in [0.15, 0.2) is 52.6 Å². The molecule has 4 heteroatoms. The summed E-state index contributed by atoms with van der Waals surface area (Å²) in [7, 11) is -3.46. The van der Waals surface area contributed by atoms with Gasteiger partial charge < -0.3 is 0 Å². The maximum absolute atomic E-state index is 13.0. The molecule has 1 aliphatic heterocycles. The van der Waals surface area contributed by atoms with Crippen LogP contribution in [0, 0.1) is 12.8 Å². The van der Waals surface area contributed by atoms with Crippen molar-refractivity contribution in [1.29, 1.82) is 0 Å². The lowest BCUT2D eigenvalue weighted by molar-refractivity contribution is 0.486. The van der Waals surface area contributed by atoms with E-state index in [-0.39, 0.29) is 0 Å². The fourth-order valence-electron chi connectivity index (χ4n) is 2.62. The summed E-state index contributed by atoms with van der Waals surface area (Å²) < 4.78 is 27.5. The van der Waals surface area contributed by atoms with Crippen molar-refractivity contribution in [2.45, 2.75) is 38.0 Å². The summed E-state index contributed by atoms with van der Waals surface area (Å²) in [5.41, 5.74) is 3.29. The second kappa shape index (κ2) is 5.34. The zero-order chi connectivity index (χ0) is 15.0. The third kappa shape index (κ3) is 2.91. The van der Waals surface area contributed by atoms with Crippen LogP contribution in [0.1, 0.15) is 31.7 Å². The minimum absolute atomic E-state index is 0.382. The van der Waals surface area contributed by atoms with Crippen molar-refractivity contribution < 1.29 is 8.42 Å². The Kier molecular flexibility index (Phi) is 3.66. The van der Waals surface area contributed by atoms with E-state index in [0.717, 1.165) is 30.5 Å². The molecule has 0 bridgehead atoms. The molecule has 0 aromatic heterocycles. The lowest BCUT2D eigenvalue weighted by Crippen LogP contribution is -2.31. The average Bonchev–Trinajstić information content (AvgIpc) is 3.26. The summed E-state index contributed by atoms with van der Waals surface area (Å²) in [6.07, 6.45) is 7.18. The highest BCUT2D eigenvalue weighted by Gasteiger charge is 2.35. The molecule has 0 spiro atoms. The van der Waals surface area contributed by atoms with E-state index in [2.05, 4.69) is 13.0 Å². The minimum atomic E-state index is -3.46. The molecule has 1 aromatic carbocycles. The first-order valence-electron chi connectivity index (χ1n) is 7.43. The van der Waals surface area contributed by atoms with E-state index >= 15 is 0 Å². The van der Waals surface area contributed by atoms with Crippen molar-refractivity contribution >= 4 is 10.0 Å². The highest BCUT2D eigenvalue weighted by molar-refractivity contribution is 7.89. The first-order valence-corrected chi connectivity index (χ1v) is 8.87. The van der Waals surface area contributed by atoms with Crippen LogP contribution in [-0.4, -0.2) is 19.3 Å². The van der Waals surface area contributed by atoms with Crippen LogP contribution in [0.3, 0.4) is 0 Å². The van der Waals surface area contributed by atoms with E-state index in [4.69, 9.17) is 0 Å². The van der Waals surface area contributed by atoms with E-state index < -0.39 is 10.0 Å². The van der Waals surface area contributed by atoms with Crippen molar-refractivity contribution in [3.63, 3.8) is 0 Å². The number of sulfonamides is 1. The van der Waals surface area contributed by atoms with Gasteiger partial charge in [0, 0.05) is 5.70 Å². The second-order valence-corrected chi connectivity index (χ2v) is 7.87. The van der Waals surface area contributed by atoms with Crippen LogP contribution in [0.5, 0.6) is 0 Å². The summed E-state index contributed by atoms with van der Waals surface area (Å²) in [6, 6.07) is 7.12. The predicted molar refractivity (Wildman–Crippen MR) is 84.3 cm³/mol. The molecule has 0 atom stereocenters. The lowest BCUT2D eigenvalue weighted by Gasteiger charge is -2.25. The van der Waals surface area contributed by atoms with Gasteiger partial charge in [0.2, 0.25) is 0 Å². The molecule has 112 valence electrons. The molecule has 0 unspecified atom stereocenters. The molecule has 3 nitrogen and oxygen atoms in total. The Bertz CT molecular complexity index is 695. The van der Waals surface area contributed by atoms with Crippen LogP contribution in [-0.2, 0) is 10.0 Å². The topological polar surface area (TPSA) is 37.4 Å². The van der Waals surface area contributed by atoms with Gasteiger partial charge in [0.05, 0.1) is 11.4 Å². The van der Waals surface area contributed by atoms with Gasteiger partial charge in [-0.05, 0) is 51.2 Å². The largest absolute Gasteiger partial charge is 0.266 e. The molecule has 1 saturated carbocycles. The number of aryl methyl sites for hydroxylation is 1. The number of nitrogens with zero attached hydrogens (tertiary/aromatic N) is 1. The van der Waals surface area contributed by atoms with E-state index in [1.807, 2.05) is 25.1 Å². The average molecular weight is 303 g/mol. The van der Waals surface area contributed by atoms with Gasteiger partial charge >= 0.3 is 0 Å². The molecule has 0 amide bonds. The summed E-state index contributed by atoms with van der Waals surface area (Å²) in [6.45, 7) is 4.47. The fraction of sp³-hybridized carbons (Fsp3) is 0.412. The van der Waals surface area contributed by atoms with Gasteiger partial charge in [-0.15, -0.1) is 0 Å². The smallest absolute Gasteiger partial charge is 0.264 e. The van der Waals surface area contributed by atoms with Gasteiger partial charge in [0.15, 0.2) is 0 Å². The highest BCUT2D eigenvalue weighted by Crippen LogP contribution is 2.41. The molecular weight excluding hydrogens is 282 g/mol. The Hall–Kier alpha value is -1.55. The van der Waals surface area contributed by atoms with Crippen LogP contribution in [0.2, 0.25) is 0 Å². The third-order valence-corrected chi connectivity index (χ3v) is 5.94. The first-order chi connectivity index (χ1) is 9.98. The summed E-state index contributed by atoms with van der Waals surface area (Å²) in [4.78, 5) is 0.382. The standard InChI is InChI=1S/C17H21NO2S/c1-13-3-8-16(9-4-13)21(19,20)18-12-11-14(2)5-10-17(18)15-6-7-15/h3-4,8-11,15H,5-7,12H2,1-2H3. The highest BCUT2D eigenvalue weighted by atomic mass is 32.2. The molecular formula is C17H21NO2S. The number of rotatable bonds is 3.